The summed E-state index contributed by atoms with van der Waals surface area (Å²) in [4.78, 5) is 11.7. The monoisotopic (exact) mass is 352 g/mol. The predicted octanol–water partition coefficient (Wildman–Crippen LogP) is 2.85. The highest BCUT2D eigenvalue weighted by Crippen LogP contribution is 2.42. The Balaban J connectivity index is 1.52. The number of hydrogen-bond donors (Lipinski definition) is 3. The standard InChI is InChI=1S/C20H28N6/c1-26-10-7-14-5-6-17(11-16(14)13-26)24-20-23-12-18(15-3-4-15)19(25-20)22-9-2-8-21/h5-6,11-12,15H,2-4,7-10,13,21H2,1H3,(H2,22,23,24,25). The summed E-state index contributed by atoms with van der Waals surface area (Å²) in [7, 11) is 2.17. The minimum absolute atomic E-state index is 0.615. The van der Waals surface area contributed by atoms with Crippen molar-refractivity contribution in [2.75, 3.05) is 37.3 Å². The molecular weight excluding hydrogens is 324 g/mol. The van der Waals surface area contributed by atoms with Crippen molar-refractivity contribution in [3.63, 3.8) is 0 Å². The molecule has 1 aromatic carbocycles. The number of likely N-dealkylation sites (N-methyl/N-ethyl adjacent to an activating group) is 1. The lowest BCUT2D eigenvalue weighted by atomic mass is 9.99. The number of nitrogens with zero attached hydrogens (tertiary/aromatic N) is 3. The maximum Gasteiger partial charge on any atom is 0.229 e. The normalized spacial score (nSPS) is 17.0. The fraction of sp³-hybridized carbons (Fsp3) is 0.500. The third-order valence-corrected chi connectivity index (χ3v) is 5.17. The van der Waals surface area contributed by atoms with Crippen LogP contribution in [-0.2, 0) is 13.0 Å². The molecule has 4 N–H and O–H groups in total. The largest absolute Gasteiger partial charge is 0.370 e. The first-order valence-electron chi connectivity index (χ1n) is 9.61. The van der Waals surface area contributed by atoms with Crippen molar-refractivity contribution < 1.29 is 0 Å². The molecule has 1 aliphatic heterocycles. The van der Waals surface area contributed by atoms with E-state index in [1.807, 2.05) is 6.20 Å². The van der Waals surface area contributed by atoms with E-state index in [1.54, 1.807) is 0 Å². The van der Waals surface area contributed by atoms with Gasteiger partial charge in [0, 0.05) is 37.1 Å². The van der Waals surface area contributed by atoms with Crippen molar-refractivity contribution in [1.29, 1.82) is 0 Å². The molecule has 1 aromatic heterocycles. The van der Waals surface area contributed by atoms with Crippen LogP contribution in [0.3, 0.4) is 0 Å². The zero-order valence-corrected chi connectivity index (χ0v) is 15.5. The summed E-state index contributed by atoms with van der Waals surface area (Å²) >= 11 is 0. The third kappa shape index (κ3) is 3.97. The van der Waals surface area contributed by atoms with Gasteiger partial charge in [-0.25, -0.2) is 4.98 Å². The van der Waals surface area contributed by atoms with Gasteiger partial charge in [0.1, 0.15) is 5.82 Å². The lowest BCUT2D eigenvalue weighted by Crippen LogP contribution is -2.26. The van der Waals surface area contributed by atoms with E-state index in [9.17, 15) is 0 Å². The van der Waals surface area contributed by atoms with Gasteiger partial charge in [-0.3, -0.25) is 0 Å². The number of aromatic nitrogens is 2. The molecule has 26 heavy (non-hydrogen) atoms. The topological polar surface area (TPSA) is 79.1 Å². The number of fused-ring (bicyclic) bond motifs is 1. The number of benzene rings is 1. The van der Waals surface area contributed by atoms with Gasteiger partial charge in [0.15, 0.2) is 0 Å². The molecule has 2 aliphatic rings. The first-order chi connectivity index (χ1) is 12.7. The minimum Gasteiger partial charge on any atom is -0.370 e. The number of hydrogen-bond acceptors (Lipinski definition) is 6. The van der Waals surface area contributed by atoms with Crippen molar-refractivity contribution in [3.05, 3.63) is 41.1 Å². The van der Waals surface area contributed by atoms with Gasteiger partial charge >= 0.3 is 0 Å². The molecule has 6 nitrogen and oxygen atoms in total. The summed E-state index contributed by atoms with van der Waals surface area (Å²) < 4.78 is 0. The molecule has 0 saturated heterocycles. The maximum atomic E-state index is 5.61. The molecule has 1 aliphatic carbocycles. The van der Waals surface area contributed by atoms with Gasteiger partial charge in [-0.2, -0.15) is 4.98 Å². The Hall–Kier alpha value is -2.18. The Bertz CT molecular complexity index is 771. The summed E-state index contributed by atoms with van der Waals surface area (Å²) in [6.45, 7) is 3.66. The van der Waals surface area contributed by atoms with Gasteiger partial charge in [-0.05, 0) is 68.5 Å². The number of nitrogens with two attached hydrogens (primary N) is 1. The molecule has 2 aromatic rings. The molecule has 0 atom stereocenters. The molecule has 0 amide bonds. The second-order valence-electron chi connectivity index (χ2n) is 7.44. The van der Waals surface area contributed by atoms with Crippen molar-refractivity contribution >= 4 is 17.5 Å². The van der Waals surface area contributed by atoms with Crippen molar-refractivity contribution in [1.82, 2.24) is 14.9 Å². The average Bonchev–Trinajstić information content (AvgIpc) is 3.47. The maximum absolute atomic E-state index is 5.61. The third-order valence-electron chi connectivity index (χ3n) is 5.17. The molecule has 0 spiro atoms. The van der Waals surface area contributed by atoms with Gasteiger partial charge in [0.25, 0.3) is 0 Å². The molecule has 6 heteroatoms. The molecule has 1 fully saturated rings. The summed E-state index contributed by atoms with van der Waals surface area (Å²) in [6, 6.07) is 6.58. The molecule has 2 heterocycles. The SMILES string of the molecule is CN1CCc2ccc(Nc3ncc(C4CC4)c(NCCCN)n3)cc2C1. The lowest BCUT2D eigenvalue weighted by molar-refractivity contribution is 0.313. The molecule has 138 valence electrons. The van der Waals surface area contributed by atoms with E-state index >= 15 is 0 Å². The predicted molar refractivity (Wildman–Crippen MR) is 106 cm³/mol. The average molecular weight is 352 g/mol. The highest BCUT2D eigenvalue weighted by Gasteiger charge is 2.27. The second-order valence-corrected chi connectivity index (χ2v) is 7.44. The quantitative estimate of drug-likeness (QED) is 0.665. The van der Waals surface area contributed by atoms with Crippen LogP contribution in [0.2, 0.25) is 0 Å². The molecule has 0 unspecified atom stereocenters. The van der Waals surface area contributed by atoms with E-state index in [0.717, 1.165) is 44.0 Å². The van der Waals surface area contributed by atoms with Crippen LogP contribution in [0.15, 0.2) is 24.4 Å². The molecular formula is C20H28N6. The van der Waals surface area contributed by atoms with Crippen LogP contribution in [0, 0.1) is 0 Å². The summed E-state index contributed by atoms with van der Waals surface area (Å²) in [5.41, 5.74) is 10.7. The fourth-order valence-electron chi connectivity index (χ4n) is 3.50. The zero-order chi connectivity index (χ0) is 17.9. The molecule has 4 rings (SSSR count). The highest BCUT2D eigenvalue weighted by molar-refractivity contribution is 5.59. The van der Waals surface area contributed by atoms with Gasteiger partial charge in [0.2, 0.25) is 5.95 Å². The number of nitrogens with one attached hydrogen (secondary N) is 2. The Morgan fingerprint density at radius 1 is 1.27 bits per heavy atom. The fourth-order valence-corrected chi connectivity index (χ4v) is 3.50. The van der Waals surface area contributed by atoms with Crippen LogP contribution in [0.1, 0.15) is 41.9 Å². The van der Waals surface area contributed by atoms with Gasteiger partial charge in [-0.1, -0.05) is 6.07 Å². The Labute approximate surface area is 155 Å². The van der Waals surface area contributed by atoms with Crippen LogP contribution in [0.25, 0.3) is 0 Å². The van der Waals surface area contributed by atoms with E-state index in [1.165, 1.54) is 29.5 Å². The Morgan fingerprint density at radius 2 is 2.15 bits per heavy atom. The van der Waals surface area contributed by atoms with Gasteiger partial charge in [-0.15, -0.1) is 0 Å². The number of anilines is 3. The van der Waals surface area contributed by atoms with Crippen LogP contribution in [0.5, 0.6) is 0 Å². The Kier molecular flexibility index (Phi) is 5.04. The van der Waals surface area contributed by atoms with Crippen LogP contribution < -0.4 is 16.4 Å². The van der Waals surface area contributed by atoms with Crippen molar-refractivity contribution in [2.45, 2.75) is 38.1 Å². The minimum atomic E-state index is 0.615. The van der Waals surface area contributed by atoms with Crippen LogP contribution in [0.4, 0.5) is 17.5 Å². The summed E-state index contributed by atoms with van der Waals surface area (Å²) in [6.07, 6.45) is 6.51. The summed E-state index contributed by atoms with van der Waals surface area (Å²) in [5, 5.41) is 6.82. The number of rotatable bonds is 7. The lowest BCUT2D eigenvalue weighted by Gasteiger charge is -2.25. The van der Waals surface area contributed by atoms with E-state index in [4.69, 9.17) is 10.7 Å². The molecule has 1 saturated carbocycles. The zero-order valence-electron chi connectivity index (χ0n) is 15.5. The molecule has 0 bridgehead atoms. The van der Waals surface area contributed by atoms with Crippen LogP contribution in [-0.4, -0.2) is 41.5 Å². The van der Waals surface area contributed by atoms with Crippen LogP contribution >= 0.6 is 0 Å². The van der Waals surface area contributed by atoms with E-state index in [-0.39, 0.29) is 0 Å². The second kappa shape index (κ2) is 7.60. The summed E-state index contributed by atoms with van der Waals surface area (Å²) in [5.74, 6) is 2.22. The molecule has 0 radical (unpaired) electrons. The Morgan fingerprint density at radius 3 is 2.96 bits per heavy atom. The van der Waals surface area contributed by atoms with E-state index in [2.05, 4.69) is 45.8 Å². The van der Waals surface area contributed by atoms with Crippen molar-refractivity contribution in [2.24, 2.45) is 5.73 Å². The van der Waals surface area contributed by atoms with E-state index in [0.29, 0.717) is 18.4 Å². The highest BCUT2D eigenvalue weighted by atomic mass is 15.1. The first kappa shape index (κ1) is 17.2. The van der Waals surface area contributed by atoms with Crippen molar-refractivity contribution in [3.8, 4) is 0 Å². The van der Waals surface area contributed by atoms with Gasteiger partial charge < -0.3 is 21.3 Å². The van der Waals surface area contributed by atoms with E-state index < -0.39 is 0 Å². The first-order valence-corrected chi connectivity index (χ1v) is 9.61. The van der Waals surface area contributed by atoms with Gasteiger partial charge in [0.05, 0.1) is 0 Å². The smallest absolute Gasteiger partial charge is 0.229 e.